The van der Waals surface area contributed by atoms with Crippen LogP contribution >= 0.6 is 35.3 Å². The number of halogens is 1. The zero-order chi connectivity index (χ0) is 18.9. The zero-order valence-corrected chi connectivity index (χ0v) is 20.8. The van der Waals surface area contributed by atoms with Gasteiger partial charge in [0.25, 0.3) is 0 Å². The minimum absolute atomic E-state index is 0. The predicted octanol–water partition coefficient (Wildman–Crippen LogP) is 4.19. The Hall–Kier alpha value is -0.410. The number of thiazole rings is 1. The highest BCUT2D eigenvalue weighted by Crippen LogP contribution is 2.21. The van der Waals surface area contributed by atoms with Crippen molar-refractivity contribution in [2.24, 2.45) is 16.8 Å². The molecule has 1 aromatic rings. The van der Waals surface area contributed by atoms with Gasteiger partial charge in [-0.15, -0.1) is 35.3 Å². The van der Waals surface area contributed by atoms with E-state index in [4.69, 9.17) is 4.99 Å². The lowest BCUT2D eigenvalue weighted by molar-refractivity contribution is 0.139. The van der Waals surface area contributed by atoms with E-state index in [1.807, 2.05) is 0 Å². The highest BCUT2D eigenvalue weighted by molar-refractivity contribution is 14.0. The van der Waals surface area contributed by atoms with Gasteiger partial charge in [-0.1, -0.05) is 13.8 Å². The SMILES string of the molecule is CCNC(=NCc1sc(C)nc1C)NCCCCN1CC(C)CC(C)C1.I. The maximum atomic E-state index is 4.72. The maximum absolute atomic E-state index is 4.72. The maximum Gasteiger partial charge on any atom is 0.191 e. The molecule has 7 heteroatoms. The number of piperidine rings is 1. The Labute approximate surface area is 186 Å². The van der Waals surface area contributed by atoms with Gasteiger partial charge in [0.15, 0.2) is 5.96 Å². The van der Waals surface area contributed by atoms with Gasteiger partial charge in [-0.3, -0.25) is 0 Å². The molecule has 0 bridgehead atoms. The van der Waals surface area contributed by atoms with E-state index in [1.54, 1.807) is 11.3 Å². The van der Waals surface area contributed by atoms with E-state index < -0.39 is 0 Å². The topological polar surface area (TPSA) is 52.6 Å². The highest BCUT2D eigenvalue weighted by atomic mass is 127. The molecule has 1 saturated heterocycles. The third kappa shape index (κ3) is 9.09. The van der Waals surface area contributed by atoms with Crippen molar-refractivity contribution in [3.05, 3.63) is 15.6 Å². The number of unbranched alkanes of at least 4 members (excludes halogenated alkanes) is 1. The minimum atomic E-state index is 0. The van der Waals surface area contributed by atoms with Crippen LogP contribution in [0.2, 0.25) is 0 Å². The molecule has 0 amide bonds. The van der Waals surface area contributed by atoms with Crippen LogP contribution in [-0.4, -0.2) is 48.6 Å². The van der Waals surface area contributed by atoms with Crippen molar-refractivity contribution in [2.75, 3.05) is 32.7 Å². The monoisotopic (exact) mass is 507 g/mol. The fourth-order valence-corrected chi connectivity index (χ4v) is 4.72. The van der Waals surface area contributed by atoms with Gasteiger partial charge in [0, 0.05) is 31.1 Å². The van der Waals surface area contributed by atoms with Gasteiger partial charge in [-0.05, 0) is 58.4 Å². The van der Waals surface area contributed by atoms with Gasteiger partial charge in [0.1, 0.15) is 0 Å². The summed E-state index contributed by atoms with van der Waals surface area (Å²) in [5.41, 5.74) is 1.11. The van der Waals surface area contributed by atoms with Crippen LogP contribution in [0.3, 0.4) is 0 Å². The molecule has 2 heterocycles. The molecular formula is C20H38IN5S. The van der Waals surface area contributed by atoms with Gasteiger partial charge in [0.05, 0.1) is 17.2 Å². The van der Waals surface area contributed by atoms with Gasteiger partial charge in [-0.2, -0.15) is 0 Å². The van der Waals surface area contributed by atoms with Gasteiger partial charge < -0.3 is 15.5 Å². The molecular weight excluding hydrogens is 469 g/mol. The lowest BCUT2D eigenvalue weighted by Crippen LogP contribution is -2.40. The van der Waals surface area contributed by atoms with Crippen LogP contribution in [0, 0.1) is 25.7 Å². The number of nitrogens with one attached hydrogen (secondary N) is 2. The van der Waals surface area contributed by atoms with Crippen molar-refractivity contribution in [3.63, 3.8) is 0 Å². The number of aliphatic imine (C=N–C) groups is 1. The summed E-state index contributed by atoms with van der Waals surface area (Å²) in [5, 5.41) is 7.94. The third-order valence-electron chi connectivity index (χ3n) is 4.86. The van der Waals surface area contributed by atoms with Crippen LogP contribution in [0.4, 0.5) is 0 Å². The first-order chi connectivity index (χ1) is 12.5. The van der Waals surface area contributed by atoms with Crippen molar-refractivity contribution in [1.82, 2.24) is 20.5 Å². The quantitative estimate of drug-likeness (QED) is 0.240. The summed E-state index contributed by atoms with van der Waals surface area (Å²) in [7, 11) is 0. The first-order valence-corrected chi connectivity index (χ1v) is 11.0. The molecule has 27 heavy (non-hydrogen) atoms. The Morgan fingerprint density at radius 3 is 2.48 bits per heavy atom. The molecule has 0 saturated carbocycles. The molecule has 2 N–H and O–H groups in total. The number of guanidine groups is 1. The molecule has 0 aliphatic carbocycles. The third-order valence-corrected chi connectivity index (χ3v) is 5.92. The fraction of sp³-hybridized carbons (Fsp3) is 0.800. The molecule has 1 aromatic heterocycles. The largest absolute Gasteiger partial charge is 0.357 e. The number of rotatable bonds is 8. The van der Waals surface area contributed by atoms with Gasteiger partial charge in [-0.25, -0.2) is 9.98 Å². The number of aryl methyl sites for hydroxylation is 2. The van der Waals surface area contributed by atoms with Crippen LogP contribution in [-0.2, 0) is 6.54 Å². The molecule has 0 aromatic carbocycles. The number of likely N-dealkylation sites (tertiary alicyclic amines) is 1. The van der Waals surface area contributed by atoms with Crippen molar-refractivity contribution >= 4 is 41.3 Å². The molecule has 156 valence electrons. The summed E-state index contributed by atoms with van der Waals surface area (Å²) >= 11 is 1.74. The number of aromatic nitrogens is 1. The summed E-state index contributed by atoms with van der Waals surface area (Å²) in [6.45, 7) is 17.3. The van der Waals surface area contributed by atoms with E-state index in [9.17, 15) is 0 Å². The Morgan fingerprint density at radius 2 is 1.89 bits per heavy atom. The van der Waals surface area contributed by atoms with E-state index in [0.717, 1.165) is 41.6 Å². The van der Waals surface area contributed by atoms with Crippen LogP contribution < -0.4 is 10.6 Å². The van der Waals surface area contributed by atoms with Crippen LogP contribution in [0.1, 0.15) is 55.6 Å². The molecule has 1 fully saturated rings. The Kier molecular flexibility index (Phi) is 11.8. The van der Waals surface area contributed by atoms with Gasteiger partial charge in [0.2, 0.25) is 0 Å². The van der Waals surface area contributed by atoms with Crippen molar-refractivity contribution < 1.29 is 0 Å². The zero-order valence-electron chi connectivity index (χ0n) is 17.7. The second-order valence-electron chi connectivity index (χ2n) is 7.78. The molecule has 0 radical (unpaired) electrons. The number of hydrogen-bond donors (Lipinski definition) is 2. The Morgan fingerprint density at radius 1 is 1.19 bits per heavy atom. The normalized spacial score (nSPS) is 21.0. The van der Waals surface area contributed by atoms with E-state index in [-0.39, 0.29) is 24.0 Å². The van der Waals surface area contributed by atoms with Crippen LogP contribution in [0.5, 0.6) is 0 Å². The molecule has 1 aliphatic rings. The minimum Gasteiger partial charge on any atom is -0.357 e. The van der Waals surface area contributed by atoms with Gasteiger partial charge >= 0.3 is 0 Å². The summed E-state index contributed by atoms with van der Waals surface area (Å²) in [6.07, 6.45) is 3.82. The van der Waals surface area contributed by atoms with E-state index in [0.29, 0.717) is 6.54 Å². The van der Waals surface area contributed by atoms with E-state index >= 15 is 0 Å². The van der Waals surface area contributed by atoms with E-state index in [1.165, 1.54) is 43.8 Å². The summed E-state index contributed by atoms with van der Waals surface area (Å²) in [6, 6.07) is 0. The Balaban J connectivity index is 0.00000364. The van der Waals surface area contributed by atoms with Crippen LogP contribution in [0.15, 0.2) is 4.99 Å². The highest BCUT2D eigenvalue weighted by Gasteiger charge is 2.20. The predicted molar refractivity (Wildman–Crippen MR) is 128 cm³/mol. The summed E-state index contributed by atoms with van der Waals surface area (Å²) in [5.74, 6) is 2.62. The lowest BCUT2D eigenvalue weighted by atomic mass is 9.92. The average Bonchev–Trinajstić information content (AvgIpc) is 2.89. The van der Waals surface area contributed by atoms with E-state index in [2.05, 4.69) is 55.1 Å². The van der Waals surface area contributed by atoms with Crippen molar-refractivity contribution in [1.29, 1.82) is 0 Å². The molecule has 2 atom stereocenters. The molecule has 0 spiro atoms. The first kappa shape index (κ1) is 24.6. The molecule has 2 rings (SSSR count). The second-order valence-corrected chi connectivity index (χ2v) is 9.06. The smallest absolute Gasteiger partial charge is 0.191 e. The fourth-order valence-electron chi connectivity index (χ4n) is 3.85. The molecule has 1 aliphatic heterocycles. The lowest BCUT2D eigenvalue weighted by Gasteiger charge is -2.34. The van der Waals surface area contributed by atoms with Crippen molar-refractivity contribution in [3.8, 4) is 0 Å². The standard InChI is InChI=1S/C20H37N5S.HI/c1-6-21-20(23-12-19-17(4)24-18(5)26-19)22-9-7-8-10-25-13-15(2)11-16(3)14-25;/h15-16H,6-14H2,1-5H3,(H2,21,22,23);1H. The Bertz CT molecular complexity index is 565. The molecule has 2 unspecified atom stereocenters. The van der Waals surface area contributed by atoms with Crippen LogP contribution in [0.25, 0.3) is 0 Å². The number of nitrogens with zero attached hydrogens (tertiary/aromatic N) is 3. The van der Waals surface area contributed by atoms with Crippen molar-refractivity contribution in [2.45, 2.75) is 60.4 Å². The molecule has 5 nitrogen and oxygen atoms in total. The second kappa shape index (κ2) is 12.9. The average molecular weight is 508 g/mol. The number of hydrogen-bond acceptors (Lipinski definition) is 4. The summed E-state index contributed by atoms with van der Waals surface area (Å²) in [4.78, 5) is 13.1. The summed E-state index contributed by atoms with van der Waals surface area (Å²) < 4.78 is 0. The first-order valence-electron chi connectivity index (χ1n) is 10.1.